The molecule has 0 saturated heterocycles. The van der Waals surface area contributed by atoms with E-state index in [4.69, 9.17) is 0 Å². The van der Waals surface area contributed by atoms with E-state index >= 15 is 0 Å². The van der Waals surface area contributed by atoms with Gasteiger partial charge in [-0.05, 0) is 46.7 Å². The van der Waals surface area contributed by atoms with E-state index in [2.05, 4.69) is 15.6 Å². The first kappa shape index (κ1) is 18.4. The van der Waals surface area contributed by atoms with Gasteiger partial charge in [0.25, 0.3) is 11.8 Å². The number of aromatic nitrogens is 1. The molecule has 0 aliphatic carbocycles. The largest absolute Gasteiger partial charge is 0.348 e. The van der Waals surface area contributed by atoms with Crippen molar-refractivity contribution in [1.29, 1.82) is 0 Å². The number of carbonyl (C=O) groups excluding carboxylic acids is 2. The molecule has 1 heterocycles. The highest BCUT2D eigenvalue weighted by Crippen LogP contribution is 2.20. The predicted molar refractivity (Wildman–Crippen MR) is 114 cm³/mol. The van der Waals surface area contributed by atoms with Crippen LogP contribution < -0.4 is 10.6 Å². The Hall–Kier alpha value is -3.99. The first-order chi connectivity index (χ1) is 14.2. The Kier molecular flexibility index (Phi) is 5.29. The van der Waals surface area contributed by atoms with Crippen molar-refractivity contribution in [2.75, 3.05) is 5.32 Å². The SMILES string of the molecule is O=C(NCc1cccc(NC(=O)c2cccc3ccccc23)c1)c1cccnc1. The molecule has 5 heteroatoms. The smallest absolute Gasteiger partial charge is 0.256 e. The van der Waals surface area contributed by atoms with E-state index in [0.717, 1.165) is 16.3 Å². The van der Waals surface area contributed by atoms with Crippen molar-refractivity contribution in [2.45, 2.75) is 6.54 Å². The van der Waals surface area contributed by atoms with Crippen LogP contribution in [0.3, 0.4) is 0 Å². The van der Waals surface area contributed by atoms with Crippen molar-refractivity contribution in [3.05, 3.63) is 108 Å². The summed E-state index contributed by atoms with van der Waals surface area (Å²) < 4.78 is 0. The Balaban J connectivity index is 1.46. The standard InChI is InChI=1S/C24H19N3O2/c28-23(19-9-5-13-25-16-19)26-15-17-6-3-10-20(14-17)27-24(29)22-12-4-8-18-7-1-2-11-21(18)22/h1-14,16H,15H2,(H,26,28)(H,27,29). The van der Waals surface area contributed by atoms with Crippen molar-refractivity contribution in [3.8, 4) is 0 Å². The van der Waals surface area contributed by atoms with Gasteiger partial charge in [-0.2, -0.15) is 0 Å². The summed E-state index contributed by atoms with van der Waals surface area (Å²) in [6, 6.07) is 24.3. The summed E-state index contributed by atoms with van der Waals surface area (Å²) in [5.74, 6) is -0.360. The van der Waals surface area contributed by atoms with Gasteiger partial charge in [0.1, 0.15) is 0 Å². The maximum Gasteiger partial charge on any atom is 0.256 e. The fourth-order valence-electron chi connectivity index (χ4n) is 3.16. The van der Waals surface area contributed by atoms with E-state index in [0.29, 0.717) is 23.4 Å². The number of hydrogen-bond acceptors (Lipinski definition) is 3. The van der Waals surface area contributed by atoms with E-state index in [-0.39, 0.29) is 11.8 Å². The first-order valence-corrected chi connectivity index (χ1v) is 9.27. The second-order valence-electron chi connectivity index (χ2n) is 6.61. The molecule has 3 aromatic carbocycles. The van der Waals surface area contributed by atoms with Gasteiger partial charge in [0.2, 0.25) is 0 Å². The summed E-state index contributed by atoms with van der Waals surface area (Å²) in [4.78, 5) is 28.9. The monoisotopic (exact) mass is 381 g/mol. The Labute approximate surface area is 168 Å². The van der Waals surface area contributed by atoms with Gasteiger partial charge in [-0.25, -0.2) is 0 Å². The number of carbonyl (C=O) groups is 2. The maximum atomic E-state index is 12.8. The zero-order valence-corrected chi connectivity index (χ0v) is 15.6. The fraction of sp³-hybridized carbons (Fsp3) is 0.0417. The van der Waals surface area contributed by atoms with Crippen LogP contribution in [0.25, 0.3) is 10.8 Å². The summed E-state index contributed by atoms with van der Waals surface area (Å²) >= 11 is 0. The third kappa shape index (κ3) is 4.30. The molecule has 142 valence electrons. The number of amides is 2. The van der Waals surface area contributed by atoms with Gasteiger partial charge in [0.05, 0.1) is 5.56 Å². The summed E-state index contributed by atoms with van der Waals surface area (Å²) in [7, 11) is 0. The Morgan fingerprint density at radius 1 is 0.828 bits per heavy atom. The number of pyridine rings is 1. The Morgan fingerprint density at radius 3 is 2.52 bits per heavy atom. The van der Waals surface area contributed by atoms with Gasteiger partial charge >= 0.3 is 0 Å². The van der Waals surface area contributed by atoms with Gasteiger partial charge < -0.3 is 10.6 Å². The second-order valence-corrected chi connectivity index (χ2v) is 6.61. The molecule has 0 radical (unpaired) electrons. The van der Waals surface area contributed by atoms with Gasteiger partial charge in [0.15, 0.2) is 0 Å². The molecule has 29 heavy (non-hydrogen) atoms. The molecule has 2 N–H and O–H groups in total. The second kappa shape index (κ2) is 8.35. The van der Waals surface area contributed by atoms with Crippen LogP contribution in [0.2, 0.25) is 0 Å². The zero-order valence-electron chi connectivity index (χ0n) is 15.6. The fourth-order valence-corrected chi connectivity index (χ4v) is 3.16. The van der Waals surface area contributed by atoms with E-state index in [1.54, 1.807) is 18.3 Å². The minimum Gasteiger partial charge on any atom is -0.348 e. The molecule has 0 fully saturated rings. The number of hydrogen-bond donors (Lipinski definition) is 2. The molecular formula is C24H19N3O2. The minimum absolute atomic E-state index is 0.168. The lowest BCUT2D eigenvalue weighted by Gasteiger charge is -2.10. The van der Waals surface area contributed by atoms with Gasteiger partial charge in [-0.1, -0.05) is 48.5 Å². The van der Waals surface area contributed by atoms with Crippen LogP contribution >= 0.6 is 0 Å². The van der Waals surface area contributed by atoms with E-state index in [9.17, 15) is 9.59 Å². The highest BCUT2D eigenvalue weighted by Gasteiger charge is 2.10. The zero-order chi connectivity index (χ0) is 20.1. The molecule has 0 spiro atoms. The molecule has 0 aliphatic heterocycles. The van der Waals surface area contributed by atoms with Crippen molar-refractivity contribution < 1.29 is 9.59 Å². The molecule has 1 aromatic heterocycles. The van der Waals surface area contributed by atoms with Crippen molar-refractivity contribution >= 4 is 28.3 Å². The molecule has 4 rings (SSSR count). The van der Waals surface area contributed by atoms with Gasteiger partial charge in [-0.15, -0.1) is 0 Å². The van der Waals surface area contributed by atoms with Crippen LogP contribution in [0.5, 0.6) is 0 Å². The Morgan fingerprint density at radius 2 is 1.66 bits per heavy atom. The number of fused-ring (bicyclic) bond motifs is 1. The summed E-state index contributed by atoms with van der Waals surface area (Å²) in [6.45, 7) is 0.353. The predicted octanol–water partition coefficient (Wildman–Crippen LogP) is 4.42. The topological polar surface area (TPSA) is 71.1 Å². The quantitative estimate of drug-likeness (QED) is 0.538. The van der Waals surface area contributed by atoms with Crippen molar-refractivity contribution in [3.63, 3.8) is 0 Å². The molecule has 0 bridgehead atoms. The van der Waals surface area contributed by atoms with Crippen molar-refractivity contribution in [1.82, 2.24) is 10.3 Å². The molecule has 0 unspecified atom stereocenters. The van der Waals surface area contributed by atoms with Crippen LogP contribution in [0.15, 0.2) is 91.3 Å². The van der Waals surface area contributed by atoms with Gasteiger partial charge in [0, 0.05) is 30.2 Å². The number of nitrogens with zero attached hydrogens (tertiary/aromatic N) is 1. The van der Waals surface area contributed by atoms with Crippen LogP contribution in [-0.2, 0) is 6.54 Å². The molecule has 2 amide bonds. The number of rotatable bonds is 5. The van der Waals surface area contributed by atoms with Crippen LogP contribution in [0.1, 0.15) is 26.3 Å². The lowest BCUT2D eigenvalue weighted by Crippen LogP contribution is -2.23. The average Bonchev–Trinajstić information content (AvgIpc) is 2.78. The van der Waals surface area contributed by atoms with Crippen LogP contribution in [0.4, 0.5) is 5.69 Å². The highest BCUT2D eigenvalue weighted by atomic mass is 16.2. The molecule has 4 aromatic rings. The van der Waals surface area contributed by atoms with Gasteiger partial charge in [-0.3, -0.25) is 14.6 Å². The number of anilines is 1. The maximum absolute atomic E-state index is 12.8. The average molecular weight is 381 g/mol. The van der Waals surface area contributed by atoms with E-state index < -0.39 is 0 Å². The van der Waals surface area contributed by atoms with Crippen LogP contribution in [-0.4, -0.2) is 16.8 Å². The minimum atomic E-state index is -0.191. The molecule has 0 saturated carbocycles. The normalized spacial score (nSPS) is 10.5. The number of nitrogens with one attached hydrogen (secondary N) is 2. The molecular weight excluding hydrogens is 362 g/mol. The molecule has 5 nitrogen and oxygen atoms in total. The van der Waals surface area contributed by atoms with E-state index in [1.165, 1.54) is 6.20 Å². The molecule has 0 aliphatic rings. The third-order valence-corrected chi connectivity index (χ3v) is 4.60. The summed E-state index contributed by atoms with van der Waals surface area (Å²) in [5, 5.41) is 7.74. The van der Waals surface area contributed by atoms with E-state index in [1.807, 2.05) is 66.7 Å². The first-order valence-electron chi connectivity index (χ1n) is 9.27. The highest BCUT2D eigenvalue weighted by molar-refractivity contribution is 6.12. The van der Waals surface area contributed by atoms with Crippen molar-refractivity contribution in [2.24, 2.45) is 0 Å². The molecule has 0 atom stereocenters. The summed E-state index contributed by atoms with van der Waals surface area (Å²) in [5.41, 5.74) is 2.69. The summed E-state index contributed by atoms with van der Waals surface area (Å²) in [6.07, 6.45) is 3.15. The van der Waals surface area contributed by atoms with Crippen LogP contribution in [0, 0.1) is 0 Å². The number of benzene rings is 3. The lowest BCUT2D eigenvalue weighted by atomic mass is 10.0. The lowest BCUT2D eigenvalue weighted by molar-refractivity contribution is 0.0949. The third-order valence-electron chi connectivity index (χ3n) is 4.60. The Bertz CT molecular complexity index is 1170.